The number of anilines is 2. The quantitative estimate of drug-likeness (QED) is 0.730. The van der Waals surface area contributed by atoms with Crippen molar-refractivity contribution >= 4 is 23.4 Å². The van der Waals surface area contributed by atoms with Crippen LogP contribution in [0.5, 0.6) is 0 Å². The second-order valence-electron chi connectivity index (χ2n) is 6.41. The number of hydrogen-bond donors (Lipinski definition) is 2. The Morgan fingerprint density at radius 2 is 1.92 bits per heavy atom. The van der Waals surface area contributed by atoms with Gasteiger partial charge in [0.2, 0.25) is 5.95 Å². The summed E-state index contributed by atoms with van der Waals surface area (Å²) in [6.07, 6.45) is 10.5. The van der Waals surface area contributed by atoms with E-state index < -0.39 is 0 Å². The van der Waals surface area contributed by atoms with Crippen molar-refractivity contribution in [2.45, 2.75) is 51.0 Å². The molecule has 0 saturated heterocycles. The second kappa shape index (κ2) is 8.88. The fourth-order valence-corrected chi connectivity index (χ4v) is 3.38. The first-order chi connectivity index (χ1) is 11.8. The first kappa shape index (κ1) is 17.0. The number of nitrogens with one attached hydrogen (secondary N) is 2. The van der Waals surface area contributed by atoms with Gasteiger partial charge in [-0.25, -0.2) is 4.98 Å². The minimum Gasteiger partial charge on any atom is -0.367 e. The molecule has 128 valence electrons. The van der Waals surface area contributed by atoms with Gasteiger partial charge in [-0.15, -0.1) is 0 Å². The predicted molar refractivity (Wildman–Crippen MR) is 101 cm³/mol. The van der Waals surface area contributed by atoms with E-state index in [4.69, 9.17) is 11.6 Å². The van der Waals surface area contributed by atoms with Gasteiger partial charge in [-0.2, -0.15) is 4.98 Å². The molecule has 0 unspecified atom stereocenters. The third-order valence-electron chi connectivity index (χ3n) is 4.45. The van der Waals surface area contributed by atoms with Crippen molar-refractivity contribution in [1.29, 1.82) is 0 Å². The molecule has 3 rings (SSSR count). The number of benzene rings is 1. The lowest BCUT2D eigenvalue weighted by molar-refractivity contribution is 0.617. The number of aromatic nitrogens is 2. The van der Waals surface area contributed by atoms with Crippen LogP contribution < -0.4 is 10.6 Å². The van der Waals surface area contributed by atoms with E-state index in [0.29, 0.717) is 12.0 Å². The molecular formula is C19H25ClN4. The highest BCUT2D eigenvalue weighted by atomic mass is 35.5. The maximum atomic E-state index is 6.01. The van der Waals surface area contributed by atoms with E-state index in [2.05, 4.69) is 26.7 Å². The molecule has 0 amide bonds. The molecule has 0 atom stereocenters. The van der Waals surface area contributed by atoms with E-state index in [1.807, 2.05) is 30.5 Å². The highest BCUT2D eigenvalue weighted by Gasteiger charge is 2.12. The summed E-state index contributed by atoms with van der Waals surface area (Å²) in [5, 5.41) is 7.64. The van der Waals surface area contributed by atoms with Crippen LogP contribution in [0.1, 0.15) is 44.1 Å². The molecule has 1 aromatic carbocycles. The number of halogens is 1. The molecule has 0 bridgehead atoms. The fourth-order valence-electron chi connectivity index (χ4n) is 3.17. The predicted octanol–water partition coefficient (Wildman–Crippen LogP) is 4.92. The van der Waals surface area contributed by atoms with E-state index in [1.54, 1.807) is 0 Å². The minimum atomic E-state index is 0.543. The lowest BCUT2D eigenvalue weighted by Gasteiger charge is -2.17. The van der Waals surface area contributed by atoms with Crippen LogP contribution in [0.3, 0.4) is 0 Å². The first-order valence-electron chi connectivity index (χ1n) is 8.87. The van der Waals surface area contributed by atoms with Crippen molar-refractivity contribution in [3.63, 3.8) is 0 Å². The average molecular weight is 345 g/mol. The lowest BCUT2D eigenvalue weighted by Crippen LogP contribution is -2.19. The minimum absolute atomic E-state index is 0.543. The van der Waals surface area contributed by atoms with Crippen molar-refractivity contribution < 1.29 is 0 Å². The topological polar surface area (TPSA) is 49.8 Å². The van der Waals surface area contributed by atoms with Crippen LogP contribution in [0.2, 0.25) is 5.02 Å². The highest BCUT2D eigenvalue weighted by molar-refractivity contribution is 6.30. The average Bonchev–Trinajstić information content (AvgIpc) is 2.84. The Labute approximate surface area is 149 Å². The lowest BCUT2D eigenvalue weighted by atomic mass is 10.1. The molecule has 1 aliphatic rings. The molecule has 4 nitrogen and oxygen atoms in total. The van der Waals surface area contributed by atoms with E-state index in [1.165, 1.54) is 44.1 Å². The summed E-state index contributed by atoms with van der Waals surface area (Å²) in [4.78, 5) is 8.90. The number of nitrogens with zero attached hydrogens (tertiary/aromatic N) is 2. The summed E-state index contributed by atoms with van der Waals surface area (Å²) in [7, 11) is 0. The van der Waals surface area contributed by atoms with Crippen molar-refractivity contribution in [2.75, 3.05) is 17.2 Å². The molecule has 24 heavy (non-hydrogen) atoms. The summed E-state index contributed by atoms with van der Waals surface area (Å²) < 4.78 is 0. The Bertz CT molecular complexity index is 639. The van der Waals surface area contributed by atoms with Gasteiger partial charge in [-0.3, -0.25) is 0 Å². The Morgan fingerprint density at radius 3 is 2.71 bits per heavy atom. The van der Waals surface area contributed by atoms with Crippen LogP contribution in [0.15, 0.2) is 36.5 Å². The molecule has 1 aromatic heterocycles. The van der Waals surface area contributed by atoms with Crippen LogP contribution in [0.4, 0.5) is 11.8 Å². The van der Waals surface area contributed by atoms with Crippen LogP contribution in [-0.4, -0.2) is 22.6 Å². The molecule has 0 spiro atoms. The van der Waals surface area contributed by atoms with E-state index in [-0.39, 0.29) is 0 Å². The standard InChI is InChI=1S/C19H25ClN4/c20-16-7-5-6-15(14-16)10-12-21-19-22-13-11-18(24-19)23-17-8-3-1-2-4-9-17/h5-7,11,13-14,17H,1-4,8-10,12H2,(H2,21,22,23,24). The summed E-state index contributed by atoms with van der Waals surface area (Å²) >= 11 is 6.01. The molecule has 1 aliphatic carbocycles. The number of hydrogen-bond acceptors (Lipinski definition) is 4. The fraction of sp³-hybridized carbons (Fsp3) is 0.474. The monoisotopic (exact) mass is 344 g/mol. The summed E-state index contributed by atoms with van der Waals surface area (Å²) in [5.41, 5.74) is 1.21. The van der Waals surface area contributed by atoms with Crippen LogP contribution in [0.25, 0.3) is 0 Å². The van der Waals surface area contributed by atoms with Crippen LogP contribution in [0, 0.1) is 0 Å². The maximum Gasteiger partial charge on any atom is 0.224 e. The second-order valence-corrected chi connectivity index (χ2v) is 6.84. The zero-order valence-electron chi connectivity index (χ0n) is 14.0. The molecule has 0 radical (unpaired) electrons. The third kappa shape index (κ3) is 5.38. The molecule has 5 heteroatoms. The summed E-state index contributed by atoms with van der Waals surface area (Å²) in [5.74, 6) is 1.60. The zero-order chi connectivity index (χ0) is 16.6. The first-order valence-corrected chi connectivity index (χ1v) is 9.25. The summed E-state index contributed by atoms with van der Waals surface area (Å²) in [6, 6.07) is 10.4. The molecular weight excluding hydrogens is 320 g/mol. The van der Waals surface area contributed by atoms with Crippen molar-refractivity contribution in [1.82, 2.24) is 9.97 Å². The van der Waals surface area contributed by atoms with Crippen LogP contribution >= 0.6 is 11.6 Å². The van der Waals surface area contributed by atoms with Gasteiger partial charge in [0.05, 0.1) is 0 Å². The van der Waals surface area contributed by atoms with Gasteiger partial charge < -0.3 is 10.6 Å². The van der Waals surface area contributed by atoms with E-state index >= 15 is 0 Å². The van der Waals surface area contributed by atoms with Crippen molar-refractivity contribution in [2.24, 2.45) is 0 Å². The van der Waals surface area contributed by atoms with Crippen molar-refractivity contribution in [3.8, 4) is 0 Å². The van der Waals surface area contributed by atoms with Crippen molar-refractivity contribution in [3.05, 3.63) is 47.1 Å². The highest BCUT2D eigenvalue weighted by Crippen LogP contribution is 2.20. The van der Waals surface area contributed by atoms with Gasteiger partial charge in [-0.05, 0) is 43.0 Å². The Hall–Kier alpha value is -1.81. The molecule has 1 fully saturated rings. The smallest absolute Gasteiger partial charge is 0.224 e. The van der Waals surface area contributed by atoms with Gasteiger partial charge in [-0.1, -0.05) is 49.4 Å². The Morgan fingerprint density at radius 1 is 1.08 bits per heavy atom. The van der Waals surface area contributed by atoms with Gasteiger partial charge >= 0.3 is 0 Å². The summed E-state index contributed by atoms with van der Waals surface area (Å²) in [6.45, 7) is 0.785. The van der Waals surface area contributed by atoms with Crippen LogP contribution in [-0.2, 0) is 6.42 Å². The third-order valence-corrected chi connectivity index (χ3v) is 4.68. The van der Waals surface area contributed by atoms with E-state index in [9.17, 15) is 0 Å². The molecule has 1 saturated carbocycles. The molecule has 1 heterocycles. The Kier molecular flexibility index (Phi) is 6.30. The van der Waals surface area contributed by atoms with Gasteiger partial charge in [0.25, 0.3) is 0 Å². The Balaban J connectivity index is 1.51. The molecule has 2 aromatic rings. The van der Waals surface area contributed by atoms with E-state index in [0.717, 1.165) is 23.8 Å². The van der Waals surface area contributed by atoms with Gasteiger partial charge in [0.1, 0.15) is 5.82 Å². The SMILES string of the molecule is Clc1cccc(CCNc2nccc(NC3CCCCCC3)n2)c1. The zero-order valence-corrected chi connectivity index (χ0v) is 14.7. The van der Waals surface area contributed by atoms with Gasteiger partial charge in [0.15, 0.2) is 0 Å². The largest absolute Gasteiger partial charge is 0.367 e. The van der Waals surface area contributed by atoms with Gasteiger partial charge in [0, 0.05) is 23.8 Å². The molecule has 0 aliphatic heterocycles. The normalized spacial score (nSPS) is 15.7. The number of rotatable bonds is 6. The maximum absolute atomic E-state index is 6.01. The molecule has 2 N–H and O–H groups in total.